The van der Waals surface area contributed by atoms with Crippen LogP contribution in [-0.2, 0) is 0 Å². The summed E-state index contributed by atoms with van der Waals surface area (Å²) in [5.41, 5.74) is 0. The zero-order valence-corrected chi connectivity index (χ0v) is 10.2. The minimum atomic E-state index is -0.352. The predicted octanol–water partition coefficient (Wildman–Crippen LogP) is 3.82. The van der Waals surface area contributed by atoms with E-state index in [1.54, 1.807) is 0 Å². The maximum absolute atomic E-state index is 12.8. The second-order valence-corrected chi connectivity index (χ2v) is 4.07. The molecule has 2 aromatic rings. The summed E-state index contributed by atoms with van der Waals surface area (Å²) in [5, 5.41) is 0.200. The average Bonchev–Trinajstić information content (AvgIpc) is 2.25. The van der Waals surface area contributed by atoms with Crippen molar-refractivity contribution in [2.45, 2.75) is 0 Å². The minimum absolute atomic E-state index is 0.200. The molecule has 82 valence electrons. The molecule has 1 aromatic heterocycles. The Morgan fingerprint density at radius 3 is 2.81 bits per heavy atom. The van der Waals surface area contributed by atoms with Crippen molar-refractivity contribution in [2.75, 3.05) is 0 Å². The summed E-state index contributed by atoms with van der Waals surface area (Å²) in [4.78, 5) is 7.54. The normalized spacial score (nSPS) is 10.2. The lowest BCUT2D eigenvalue weighted by atomic mass is 10.3. The van der Waals surface area contributed by atoms with Gasteiger partial charge in [0.1, 0.15) is 17.9 Å². The standard InChI is InChI=1S/C10H5BrClFN2O/c11-7-3-6(13)1-2-8(7)16-9-4-14-5-15-10(9)12/h1-5H. The smallest absolute Gasteiger partial charge is 0.183 e. The molecule has 3 nitrogen and oxygen atoms in total. The molecule has 6 heteroatoms. The third kappa shape index (κ3) is 2.48. The molecule has 0 spiro atoms. The fourth-order valence-electron chi connectivity index (χ4n) is 1.05. The third-order valence-corrected chi connectivity index (χ3v) is 2.65. The Kier molecular flexibility index (Phi) is 3.36. The highest BCUT2D eigenvalue weighted by atomic mass is 79.9. The van der Waals surface area contributed by atoms with Crippen molar-refractivity contribution in [3.05, 3.63) is 46.2 Å². The van der Waals surface area contributed by atoms with Crippen LogP contribution in [0, 0.1) is 5.82 Å². The van der Waals surface area contributed by atoms with Gasteiger partial charge in [-0.2, -0.15) is 0 Å². The maximum atomic E-state index is 12.8. The van der Waals surface area contributed by atoms with Gasteiger partial charge in [0, 0.05) is 0 Å². The first-order valence-corrected chi connectivity index (χ1v) is 5.42. The van der Waals surface area contributed by atoms with E-state index in [0.29, 0.717) is 16.0 Å². The summed E-state index contributed by atoms with van der Waals surface area (Å²) in [7, 11) is 0. The van der Waals surface area contributed by atoms with Crippen LogP contribution in [0.4, 0.5) is 4.39 Å². The van der Waals surface area contributed by atoms with Crippen LogP contribution in [0.15, 0.2) is 35.2 Å². The van der Waals surface area contributed by atoms with E-state index in [1.165, 1.54) is 30.7 Å². The van der Waals surface area contributed by atoms with Gasteiger partial charge in [-0.3, -0.25) is 0 Å². The highest BCUT2D eigenvalue weighted by Crippen LogP contribution is 2.32. The first kappa shape index (κ1) is 11.3. The lowest BCUT2D eigenvalue weighted by molar-refractivity contribution is 0.472. The molecule has 0 aliphatic heterocycles. The number of ether oxygens (including phenoxy) is 1. The molecule has 0 fully saturated rings. The average molecular weight is 304 g/mol. The predicted molar refractivity (Wildman–Crippen MR) is 61.2 cm³/mol. The number of hydrogen-bond acceptors (Lipinski definition) is 3. The molecular weight excluding hydrogens is 298 g/mol. The number of benzene rings is 1. The number of halogens is 3. The van der Waals surface area contributed by atoms with Crippen molar-refractivity contribution >= 4 is 27.5 Å². The number of nitrogens with zero attached hydrogens (tertiary/aromatic N) is 2. The van der Waals surface area contributed by atoms with E-state index >= 15 is 0 Å². The first-order valence-electron chi connectivity index (χ1n) is 4.25. The third-order valence-electron chi connectivity index (χ3n) is 1.75. The zero-order valence-electron chi connectivity index (χ0n) is 7.82. The van der Waals surface area contributed by atoms with Crippen LogP contribution in [0.2, 0.25) is 5.15 Å². The van der Waals surface area contributed by atoms with Crippen LogP contribution in [0.5, 0.6) is 11.5 Å². The Hall–Kier alpha value is -1.20. The second-order valence-electron chi connectivity index (χ2n) is 2.85. The molecule has 0 saturated heterocycles. The van der Waals surface area contributed by atoms with Gasteiger partial charge in [-0.1, -0.05) is 11.6 Å². The fraction of sp³-hybridized carbons (Fsp3) is 0. The van der Waals surface area contributed by atoms with Crippen molar-refractivity contribution in [2.24, 2.45) is 0 Å². The summed E-state index contributed by atoms with van der Waals surface area (Å²) in [6, 6.07) is 4.08. The molecule has 0 atom stereocenters. The van der Waals surface area contributed by atoms with Crippen molar-refractivity contribution in [3.8, 4) is 11.5 Å². The highest BCUT2D eigenvalue weighted by molar-refractivity contribution is 9.10. The van der Waals surface area contributed by atoms with E-state index < -0.39 is 0 Å². The van der Waals surface area contributed by atoms with Gasteiger partial charge in [-0.15, -0.1) is 0 Å². The van der Waals surface area contributed by atoms with E-state index in [1.807, 2.05) is 0 Å². The Labute approximate surface area is 104 Å². The van der Waals surface area contributed by atoms with Crippen molar-refractivity contribution < 1.29 is 9.13 Å². The quantitative estimate of drug-likeness (QED) is 0.791. The number of rotatable bonds is 2. The lowest BCUT2D eigenvalue weighted by Crippen LogP contribution is -1.90. The van der Waals surface area contributed by atoms with E-state index in [4.69, 9.17) is 16.3 Å². The fourth-order valence-corrected chi connectivity index (χ4v) is 1.61. The first-order chi connectivity index (χ1) is 7.66. The van der Waals surface area contributed by atoms with Gasteiger partial charge >= 0.3 is 0 Å². The van der Waals surface area contributed by atoms with Crippen LogP contribution in [0.3, 0.4) is 0 Å². The molecule has 0 saturated carbocycles. The zero-order chi connectivity index (χ0) is 11.5. The van der Waals surface area contributed by atoms with Gasteiger partial charge in [-0.05, 0) is 34.1 Å². The molecule has 16 heavy (non-hydrogen) atoms. The van der Waals surface area contributed by atoms with E-state index in [9.17, 15) is 4.39 Å². The molecule has 2 rings (SSSR count). The lowest BCUT2D eigenvalue weighted by Gasteiger charge is -2.07. The van der Waals surface area contributed by atoms with Gasteiger partial charge in [0.05, 0.1) is 10.7 Å². The van der Waals surface area contributed by atoms with Gasteiger partial charge in [0.2, 0.25) is 0 Å². The van der Waals surface area contributed by atoms with Crippen LogP contribution in [-0.4, -0.2) is 9.97 Å². The summed E-state index contributed by atoms with van der Waals surface area (Å²) in [5.74, 6) is 0.407. The van der Waals surface area contributed by atoms with E-state index in [2.05, 4.69) is 25.9 Å². The van der Waals surface area contributed by atoms with Gasteiger partial charge in [-0.25, -0.2) is 14.4 Å². The van der Waals surface area contributed by atoms with Gasteiger partial charge < -0.3 is 4.74 Å². The summed E-state index contributed by atoms with van der Waals surface area (Å²) >= 11 is 8.97. The molecule has 0 aliphatic carbocycles. The van der Waals surface area contributed by atoms with Gasteiger partial charge in [0.15, 0.2) is 10.9 Å². The Balaban J connectivity index is 2.31. The Morgan fingerprint density at radius 1 is 1.31 bits per heavy atom. The Bertz CT molecular complexity index is 524. The molecule has 0 bridgehead atoms. The molecule has 1 heterocycles. The number of hydrogen-bond donors (Lipinski definition) is 0. The minimum Gasteiger partial charge on any atom is -0.451 e. The molecule has 0 amide bonds. The van der Waals surface area contributed by atoms with Crippen LogP contribution < -0.4 is 4.74 Å². The molecule has 1 aromatic carbocycles. The number of aromatic nitrogens is 2. The topological polar surface area (TPSA) is 35.0 Å². The maximum Gasteiger partial charge on any atom is 0.183 e. The summed E-state index contributed by atoms with van der Waals surface area (Å²) < 4.78 is 18.7. The van der Waals surface area contributed by atoms with Crippen molar-refractivity contribution in [1.82, 2.24) is 9.97 Å². The Morgan fingerprint density at radius 2 is 2.12 bits per heavy atom. The molecule has 0 aliphatic rings. The molecule has 0 N–H and O–H groups in total. The van der Waals surface area contributed by atoms with Crippen molar-refractivity contribution in [1.29, 1.82) is 0 Å². The summed E-state index contributed by atoms with van der Waals surface area (Å²) in [6.45, 7) is 0. The largest absolute Gasteiger partial charge is 0.451 e. The van der Waals surface area contributed by atoms with Gasteiger partial charge in [0.25, 0.3) is 0 Å². The second kappa shape index (κ2) is 4.76. The van der Waals surface area contributed by atoms with E-state index in [-0.39, 0.29) is 11.0 Å². The molecule has 0 radical (unpaired) electrons. The van der Waals surface area contributed by atoms with E-state index in [0.717, 1.165) is 0 Å². The monoisotopic (exact) mass is 302 g/mol. The van der Waals surface area contributed by atoms with Crippen LogP contribution >= 0.6 is 27.5 Å². The molecular formula is C10H5BrClFN2O. The summed E-state index contributed by atoms with van der Waals surface area (Å²) in [6.07, 6.45) is 2.75. The van der Waals surface area contributed by atoms with Crippen LogP contribution in [0.1, 0.15) is 0 Å². The van der Waals surface area contributed by atoms with Crippen molar-refractivity contribution in [3.63, 3.8) is 0 Å². The highest BCUT2D eigenvalue weighted by Gasteiger charge is 2.07. The SMILES string of the molecule is Fc1ccc(Oc2cncnc2Cl)c(Br)c1. The van der Waals surface area contributed by atoms with Crippen LogP contribution in [0.25, 0.3) is 0 Å². The molecule has 0 unspecified atom stereocenters.